The zero-order valence-corrected chi connectivity index (χ0v) is 12.5. The van der Waals surface area contributed by atoms with Gasteiger partial charge in [0.15, 0.2) is 6.29 Å². The molecule has 1 heteroatoms. The van der Waals surface area contributed by atoms with Gasteiger partial charge < -0.3 is 0 Å². The number of unbranched alkanes of at least 4 members (excludes halogenated alkanes) is 11. The predicted molar refractivity (Wildman–Crippen MR) is 82.7 cm³/mol. The fraction of sp³-hybridized carbons (Fsp3) is 0.722. The highest BCUT2D eigenvalue weighted by atomic mass is 16.1. The fourth-order valence-corrected chi connectivity index (χ4v) is 2.05. The number of hydrogen-bond acceptors (Lipinski definition) is 1. The summed E-state index contributed by atoms with van der Waals surface area (Å²) in [5, 5.41) is 0. The van der Waals surface area contributed by atoms with Gasteiger partial charge in [-0.1, -0.05) is 77.1 Å². The van der Waals surface area contributed by atoms with Crippen molar-refractivity contribution < 1.29 is 4.79 Å². The van der Waals surface area contributed by atoms with Gasteiger partial charge >= 0.3 is 0 Å². The maximum atomic E-state index is 9.90. The molecule has 0 N–H and O–H groups in total. The molecule has 0 aromatic heterocycles. The van der Waals surface area contributed by atoms with E-state index in [1.165, 1.54) is 64.2 Å². The third-order valence-corrected chi connectivity index (χ3v) is 3.19. The standard InChI is InChI=1S/C18H28O/c1-2-3-4-5-6-7-8-9-10-11-12-13-14-15-16-17-18-19/h18H,2-13H2,1H3. The predicted octanol–water partition coefficient (Wildman–Crippen LogP) is 4.89. The van der Waals surface area contributed by atoms with E-state index < -0.39 is 0 Å². The molecule has 0 spiro atoms. The van der Waals surface area contributed by atoms with Crippen LogP contribution in [0.15, 0.2) is 0 Å². The SMILES string of the molecule is CCCCCCCCCCCCCC#CC#CC=O. The topological polar surface area (TPSA) is 17.1 Å². The van der Waals surface area contributed by atoms with Crippen LogP contribution < -0.4 is 0 Å². The van der Waals surface area contributed by atoms with Gasteiger partial charge in [-0.05, 0) is 24.2 Å². The lowest BCUT2D eigenvalue weighted by Gasteiger charge is -2.01. The van der Waals surface area contributed by atoms with Gasteiger partial charge in [0.2, 0.25) is 0 Å². The largest absolute Gasteiger partial charge is 0.289 e. The van der Waals surface area contributed by atoms with Crippen LogP contribution in [0.5, 0.6) is 0 Å². The summed E-state index contributed by atoms with van der Waals surface area (Å²) in [6, 6.07) is 0. The fourth-order valence-electron chi connectivity index (χ4n) is 2.05. The molecular formula is C18H28O. The summed E-state index contributed by atoms with van der Waals surface area (Å²) in [4.78, 5) is 9.90. The van der Waals surface area contributed by atoms with Gasteiger partial charge in [0, 0.05) is 6.42 Å². The summed E-state index contributed by atoms with van der Waals surface area (Å²) in [7, 11) is 0. The van der Waals surface area contributed by atoms with Crippen LogP contribution in [0.4, 0.5) is 0 Å². The molecule has 0 bridgehead atoms. The Bertz CT molecular complexity index is 308. The second-order valence-electron chi connectivity index (χ2n) is 4.97. The van der Waals surface area contributed by atoms with Gasteiger partial charge in [-0.25, -0.2) is 0 Å². The van der Waals surface area contributed by atoms with Crippen LogP contribution in [0.3, 0.4) is 0 Å². The zero-order chi connectivity index (χ0) is 14.0. The lowest BCUT2D eigenvalue weighted by atomic mass is 10.1. The maximum Gasteiger partial charge on any atom is 0.193 e. The molecule has 0 aliphatic rings. The second-order valence-corrected chi connectivity index (χ2v) is 4.97. The number of carbonyl (C=O) groups is 1. The van der Waals surface area contributed by atoms with Gasteiger partial charge in [-0.3, -0.25) is 4.79 Å². The van der Waals surface area contributed by atoms with Gasteiger partial charge in [-0.2, -0.15) is 0 Å². The molecule has 106 valence electrons. The molecule has 0 radical (unpaired) electrons. The van der Waals surface area contributed by atoms with Gasteiger partial charge in [0.25, 0.3) is 0 Å². The molecular weight excluding hydrogens is 232 g/mol. The Hall–Kier alpha value is -1.21. The Balaban J connectivity index is 3.10. The number of aldehydes is 1. The minimum absolute atomic E-state index is 0.580. The van der Waals surface area contributed by atoms with E-state index in [1.807, 2.05) is 0 Å². The minimum atomic E-state index is 0.580. The molecule has 0 saturated carbocycles. The molecule has 0 aliphatic heterocycles. The Morgan fingerprint density at radius 3 is 1.79 bits per heavy atom. The highest BCUT2D eigenvalue weighted by Gasteiger charge is 1.92. The van der Waals surface area contributed by atoms with Gasteiger partial charge in [0.1, 0.15) is 0 Å². The molecule has 0 aliphatic carbocycles. The molecule has 0 atom stereocenters. The van der Waals surface area contributed by atoms with Crippen LogP contribution in [-0.2, 0) is 4.79 Å². The van der Waals surface area contributed by atoms with Crippen molar-refractivity contribution in [3.63, 3.8) is 0 Å². The lowest BCUT2D eigenvalue weighted by molar-refractivity contribution is -0.103. The highest BCUT2D eigenvalue weighted by Crippen LogP contribution is 2.11. The average molecular weight is 260 g/mol. The first-order chi connectivity index (χ1) is 9.41. The van der Waals surface area contributed by atoms with Crippen molar-refractivity contribution in [2.24, 2.45) is 0 Å². The van der Waals surface area contributed by atoms with Crippen molar-refractivity contribution in [1.82, 2.24) is 0 Å². The molecule has 0 amide bonds. The lowest BCUT2D eigenvalue weighted by Crippen LogP contribution is -1.82. The third-order valence-electron chi connectivity index (χ3n) is 3.19. The van der Waals surface area contributed by atoms with Crippen molar-refractivity contribution in [2.45, 2.75) is 84.0 Å². The van der Waals surface area contributed by atoms with E-state index in [0.29, 0.717) is 6.29 Å². The van der Waals surface area contributed by atoms with E-state index in [1.54, 1.807) is 0 Å². The Morgan fingerprint density at radius 1 is 0.737 bits per heavy atom. The van der Waals surface area contributed by atoms with Crippen molar-refractivity contribution in [3.05, 3.63) is 0 Å². The van der Waals surface area contributed by atoms with E-state index >= 15 is 0 Å². The average Bonchev–Trinajstić information content (AvgIpc) is 2.43. The van der Waals surface area contributed by atoms with Crippen LogP contribution in [0.1, 0.15) is 84.0 Å². The number of carbonyl (C=O) groups excluding carboxylic acids is 1. The van der Waals surface area contributed by atoms with Gasteiger partial charge in [-0.15, -0.1) is 0 Å². The van der Waals surface area contributed by atoms with E-state index in [0.717, 1.165) is 12.8 Å². The summed E-state index contributed by atoms with van der Waals surface area (Å²) < 4.78 is 0. The van der Waals surface area contributed by atoms with Crippen LogP contribution in [0.2, 0.25) is 0 Å². The smallest absolute Gasteiger partial charge is 0.193 e. The quantitative estimate of drug-likeness (QED) is 0.293. The van der Waals surface area contributed by atoms with Crippen LogP contribution in [-0.4, -0.2) is 6.29 Å². The Labute approximate surface area is 119 Å². The summed E-state index contributed by atoms with van der Waals surface area (Å²) in [5.41, 5.74) is 0. The van der Waals surface area contributed by atoms with E-state index in [-0.39, 0.29) is 0 Å². The Morgan fingerprint density at radius 2 is 1.26 bits per heavy atom. The zero-order valence-electron chi connectivity index (χ0n) is 12.5. The highest BCUT2D eigenvalue weighted by molar-refractivity contribution is 5.73. The molecule has 0 saturated heterocycles. The molecule has 0 unspecified atom stereocenters. The Kier molecular flexibility index (Phi) is 15.7. The van der Waals surface area contributed by atoms with E-state index in [9.17, 15) is 4.79 Å². The second kappa shape index (κ2) is 16.8. The molecule has 0 heterocycles. The molecule has 0 fully saturated rings. The number of rotatable bonds is 11. The van der Waals surface area contributed by atoms with Crippen molar-refractivity contribution in [2.75, 3.05) is 0 Å². The van der Waals surface area contributed by atoms with Crippen LogP contribution in [0.25, 0.3) is 0 Å². The summed E-state index contributed by atoms with van der Waals surface area (Å²) >= 11 is 0. The molecule has 19 heavy (non-hydrogen) atoms. The maximum absolute atomic E-state index is 9.90. The first-order valence-corrected chi connectivity index (χ1v) is 7.84. The molecule has 0 rings (SSSR count). The number of hydrogen-bond donors (Lipinski definition) is 0. The summed E-state index contributed by atoms with van der Waals surface area (Å²) in [6.07, 6.45) is 16.4. The monoisotopic (exact) mass is 260 g/mol. The van der Waals surface area contributed by atoms with Gasteiger partial charge in [0.05, 0.1) is 0 Å². The third kappa shape index (κ3) is 16.8. The van der Waals surface area contributed by atoms with Crippen LogP contribution >= 0.6 is 0 Å². The molecule has 0 aromatic carbocycles. The normalized spacial score (nSPS) is 9.11. The van der Waals surface area contributed by atoms with E-state index in [2.05, 4.69) is 30.6 Å². The molecule has 1 nitrogen and oxygen atoms in total. The van der Waals surface area contributed by atoms with Crippen molar-refractivity contribution in [3.8, 4) is 23.7 Å². The van der Waals surface area contributed by atoms with Crippen LogP contribution in [0, 0.1) is 23.7 Å². The van der Waals surface area contributed by atoms with Crippen molar-refractivity contribution in [1.29, 1.82) is 0 Å². The molecule has 0 aromatic rings. The summed E-state index contributed by atoms with van der Waals surface area (Å²) in [6.45, 7) is 2.26. The first kappa shape index (κ1) is 17.8. The van der Waals surface area contributed by atoms with E-state index in [4.69, 9.17) is 0 Å². The summed E-state index contributed by atoms with van der Waals surface area (Å²) in [5.74, 6) is 10.4. The first-order valence-electron chi connectivity index (χ1n) is 7.84. The van der Waals surface area contributed by atoms with Crippen molar-refractivity contribution >= 4 is 6.29 Å². The minimum Gasteiger partial charge on any atom is -0.289 e.